The van der Waals surface area contributed by atoms with E-state index in [1.807, 2.05) is 0 Å². The highest BCUT2D eigenvalue weighted by atomic mass is 35.5. The lowest BCUT2D eigenvalue weighted by molar-refractivity contribution is -0.137. The number of alkyl halides is 4. The van der Waals surface area contributed by atoms with Crippen molar-refractivity contribution < 1.29 is 13.2 Å². The van der Waals surface area contributed by atoms with Crippen LogP contribution >= 0.6 is 11.6 Å². The molecule has 0 aliphatic carbocycles. The van der Waals surface area contributed by atoms with Crippen molar-refractivity contribution in [1.29, 1.82) is 0 Å². The molecule has 38 heavy (non-hydrogen) atoms. The van der Waals surface area contributed by atoms with Gasteiger partial charge in [-0.05, 0) is 70.4 Å². The van der Waals surface area contributed by atoms with Crippen LogP contribution in [0.3, 0.4) is 0 Å². The van der Waals surface area contributed by atoms with Crippen LogP contribution in [0.15, 0.2) is 61.5 Å². The molecule has 0 aromatic carbocycles. The number of allylic oxidation sites excluding steroid dienone is 5. The summed E-state index contributed by atoms with van der Waals surface area (Å²) in [5.41, 5.74) is 1.95. The number of rotatable bonds is 11. The maximum absolute atomic E-state index is 13.4. The summed E-state index contributed by atoms with van der Waals surface area (Å²) in [4.78, 5) is 11.5. The maximum Gasteiger partial charge on any atom is 0.417 e. The number of hydrogen-bond acceptors (Lipinski definition) is 5. The first kappa shape index (κ1) is 27.9. The van der Waals surface area contributed by atoms with Crippen molar-refractivity contribution >= 4 is 28.6 Å². The molecule has 0 radical (unpaired) electrons. The number of unbranched alkanes of at least 4 members (excludes halogenated alkanes) is 1. The van der Waals surface area contributed by atoms with Gasteiger partial charge in [-0.25, -0.2) is 14.5 Å². The van der Waals surface area contributed by atoms with E-state index in [1.165, 1.54) is 36.5 Å². The van der Waals surface area contributed by atoms with Crippen LogP contribution < -0.4 is 5.32 Å². The second-order valence-corrected chi connectivity index (χ2v) is 10.00. The molecule has 1 aliphatic rings. The second kappa shape index (κ2) is 12.6. The first-order chi connectivity index (χ1) is 18.3. The minimum Gasteiger partial charge on any atom is -0.354 e. The lowest BCUT2D eigenvalue weighted by Crippen LogP contribution is -2.21. The van der Waals surface area contributed by atoms with Crippen LogP contribution in [-0.2, 0) is 6.18 Å². The van der Waals surface area contributed by atoms with E-state index < -0.39 is 11.7 Å². The molecule has 0 amide bonds. The number of nitrogens with zero attached hydrogens (tertiary/aromatic N) is 5. The van der Waals surface area contributed by atoms with Gasteiger partial charge in [0.15, 0.2) is 0 Å². The number of fused-ring (bicyclic) bond motifs is 1. The summed E-state index contributed by atoms with van der Waals surface area (Å²) in [5, 5.41) is 7.49. The van der Waals surface area contributed by atoms with Crippen LogP contribution in [0.1, 0.15) is 43.9 Å². The Hall–Kier alpha value is -3.17. The Kier molecular flexibility index (Phi) is 9.22. The third-order valence-corrected chi connectivity index (χ3v) is 6.47. The highest BCUT2D eigenvalue weighted by molar-refractivity contribution is 6.22. The molecular weight excluding hydrogens is 513 g/mol. The van der Waals surface area contributed by atoms with Gasteiger partial charge in [-0.3, -0.25) is 0 Å². The zero-order chi connectivity index (χ0) is 27.1. The van der Waals surface area contributed by atoms with Crippen molar-refractivity contribution in [3.8, 4) is 11.3 Å². The van der Waals surface area contributed by atoms with E-state index in [4.69, 9.17) is 16.6 Å². The van der Waals surface area contributed by atoms with E-state index in [9.17, 15) is 13.2 Å². The molecule has 0 bridgehead atoms. The normalized spacial score (nSPS) is 16.0. The molecular formula is C28H32ClF3N6. The third-order valence-electron chi connectivity index (χ3n) is 6.35. The van der Waals surface area contributed by atoms with E-state index in [0.717, 1.165) is 38.2 Å². The Morgan fingerprint density at radius 2 is 2.00 bits per heavy atom. The summed E-state index contributed by atoms with van der Waals surface area (Å²) in [6, 6.07) is 4.20. The highest BCUT2D eigenvalue weighted by Crippen LogP contribution is 2.35. The lowest BCUT2D eigenvalue weighted by atomic mass is 10.0. The van der Waals surface area contributed by atoms with Crippen LogP contribution in [-0.4, -0.2) is 56.0 Å². The Labute approximate surface area is 225 Å². The summed E-state index contributed by atoms with van der Waals surface area (Å²) < 4.78 is 41.5. The molecule has 0 saturated carbocycles. The first-order valence-electron chi connectivity index (χ1n) is 12.8. The lowest BCUT2D eigenvalue weighted by Gasteiger charge is -2.14. The minimum atomic E-state index is -4.49. The molecule has 10 heteroatoms. The molecule has 1 unspecified atom stereocenters. The second-order valence-electron chi connectivity index (χ2n) is 9.31. The van der Waals surface area contributed by atoms with Crippen LogP contribution in [0, 0.1) is 0 Å². The molecule has 1 saturated heterocycles. The average molecular weight is 545 g/mol. The van der Waals surface area contributed by atoms with E-state index in [-0.39, 0.29) is 5.38 Å². The number of halogens is 4. The Balaban J connectivity index is 1.67. The Bertz CT molecular complexity index is 1310. The Morgan fingerprint density at radius 3 is 2.71 bits per heavy atom. The fourth-order valence-electron chi connectivity index (χ4n) is 4.55. The number of likely N-dealkylation sites (tertiary alicyclic amines) is 1. The van der Waals surface area contributed by atoms with Crippen LogP contribution in [0.25, 0.3) is 22.3 Å². The monoisotopic (exact) mass is 544 g/mol. The van der Waals surface area contributed by atoms with Gasteiger partial charge in [-0.2, -0.15) is 18.3 Å². The molecule has 202 valence electrons. The molecule has 1 N–H and O–H groups in total. The number of nitrogens with one attached hydrogen (secondary N) is 1. The molecule has 3 aromatic rings. The summed E-state index contributed by atoms with van der Waals surface area (Å²) in [5.74, 6) is 0.457. The molecule has 6 nitrogen and oxygen atoms in total. The minimum absolute atomic E-state index is 0.342. The topological polar surface area (TPSA) is 58.4 Å². The van der Waals surface area contributed by atoms with Crippen LogP contribution in [0.4, 0.5) is 19.1 Å². The molecule has 1 fully saturated rings. The van der Waals surface area contributed by atoms with Gasteiger partial charge in [-0.15, -0.1) is 11.6 Å². The van der Waals surface area contributed by atoms with Crippen LogP contribution in [0.5, 0.6) is 0 Å². The van der Waals surface area contributed by atoms with Gasteiger partial charge in [0, 0.05) is 29.9 Å². The van der Waals surface area contributed by atoms with Crippen LogP contribution in [0.2, 0.25) is 0 Å². The predicted molar refractivity (Wildman–Crippen MR) is 147 cm³/mol. The van der Waals surface area contributed by atoms with Crippen molar-refractivity contribution in [2.24, 2.45) is 0 Å². The summed E-state index contributed by atoms with van der Waals surface area (Å²) >= 11 is 6.27. The smallest absolute Gasteiger partial charge is 0.354 e. The largest absolute Gasteiger partial charge is 0.417 e. The van der Waals surface area contributed by atoms with Crippen molar-refractivity contribution in [3.05, 3.63) is 72.7 Å². The summed E-state index contributed by atoms with van der Waals surface area (Å²) in [7, 11) is 0. The zero-order valence-electron chi connectivity index (χ0n) is 21.4. The summed E-state index contributed by atoms with van der Waals surface area (Å²) in [6.07, 6.45) is 9.69. The molecule has 1 aliphatic heterocycles. The number of hydrogen-bond donors (Lipinski definition) is 1. The van der Waals surface area contributed by atoms with Gasteiger partial charge in [0.25, 0.3) is 0 Å². The quantitative estimate of drug-likeness (QED) is 0.162. The van der Waals surface area contributed by atoms with Gasteiger partial charge < -0.3 is 10.2 Å². The van der Waals surface area contributed by atoms with E-state index >= 15 is 0 Å². The molecule has 4 rings (SSSR count). The first-order valence-corrected chi connectivity index (χ1v) is 13.2. The number of anilines is 1. The maximum atomic E-state index is 13.4. The average Bonchev–Trinajstić information content (AvgIpc) is 3.53. The zero-order valence-corrected chi connectivity index (χ0v) is 22.1. The van der Waals surface area contributed by atoms with Gasteiger partial charge in [0.1, 0.15) is 5.69 Å². The van der Waals surface area contributed by atoms with E-state index in [1.54, 1.807) is 43.5 Å². The van der Waals surface area contributed by atoms with Crippen molar-refractivity contribution in [2.75, 3.05) is 31.5 Å². The van der Waals surface area contributed by atoms with Gasteiger partial charge in [0.05, 0.1) is 22.3 Å². The standard InChI is InChI=1S/C28H32ClF3N6/c1-3-4-9-21(18-20(2)29)26-25(24-11-10-22(28(30,31)32)19-38(24)36-26)23-12-14-34-27(35-23)33-13-5-6-15-37-16-7-8-17-37/h3-4,9-12,14,18-20H,1,5-8,13,15-17H2,2H3,(H,33,34,35)/b9-4-,21-18+. The SMILES string of the molecule is C=C/C=C\C(=C/C(C)Cl)c1nn2cc(C(F)(F)F)ccc2c1-c1ccnc(NCCCCN2CCCC2)n1. The summed E-state index contributed by atoms with van der Waals surface area (Å²) in [6.45, 7) is 9.71. The molecule has 3 aromatic heterocycles. The van der Waals surface area contributed by atoms with Crippen molar-refractivity contribution in [3.63, 3.8) is 0 Å². The van der Waals surface area contributed by atoms with E-state index in [2.05, 4.69) is 26.9 Å². The van der Waals surface area contributed by atoms with E-state index in [0.29, 0.717) is 34.0 Å². The predicted octanol–water partition coefficient (Wildman–Crippen LogP) is 6.85. The molecule has 0 spiro atoms. The van der Waals surface area contributed by atoms with Gasteiger partial charge in [0.2, 0.25) is 5.95 Å². The van der Waals surface area contributed by atoms with Gasteiger partial charge in [-0.1, -0.05) is 30.9 Å². The highest BCUT2D eigenvalue weighted by Gasteiger charge is 2.31. The van der Waals surface area contributed by atoms with Crippen molar-refractivity contribution in [1.82, 2.24) is 24.5 Å². The molecule has 4 heterocycles. The van der Waals surface area contributed by atoms with Crippen molar-refractivity contribution in [2.45, 2.75) is 44.2 Å². The fraction of sp³-hybridized carbons (Fsp3) is 0.393. The van der Waals surface area contributed by atoms with Gasteiger partial charge >= 0.3 is 6.18 Å². The number of aromatic nitrogens is 4. The third kappa shape index (κ3) is 7.02. The Morgan fingerprint density at radius 1 is 1.21 bits per heavy atom. The molecule has 1 atom stereocenters. The number of pyridine rings is 1. The fourth-order valence-corrected chi connectivity index (χ4v) is 4.69.